The molecular formula is C16H30O3. The summed E-state index contributed by atoms with van der Waals surface area (Å²) in [4.78, 5) is 11.2. The maximum absolute atomic E-state index is 11.2. The van der Waals surface area contributed by atoms with Crippen LogP contribution in [0.5, 0.6) is 0 Å². The quantitative estimate of drug-likeness (QED) is 0.492. The van der Waals surface area contributed by atoms with Crippen molar-refractivity contribution in [2.24, 2.45) is 5.92 Å². The van der Waals surface area contributed by atoms with Crippen LogP contribution in [0.1, 0.15) is 61.3 Å². The first-order valence-corrected chi connectivity index (χ1v) is 7.25. The average molecular weight is 270 g/mol. The number of carbonyl (C=O) groups excluding carboxylic acids is 1. The second-order valence-corrected chi connectivity index (χ2v) is 5.87. The number of hydrogen-bond acceptors (Lipinski definition) is 3. The van der Waals surface area contributed by atoms with E-state index in [-0.39, 0.29) is 12.1 Å². The molecule has 1 atom stereocenters. The van der Waals surface area contributed by atoms with E-state index in [0.717, 1.165) is 6.42 Å². The van der Waals surface area contributed by atoms with Gasteiger partial charge < -0.3 is 9.47 Å². The van der Waals surface area contributed by atoms with Gasteiger partial charge >= 0.3 is 5.97 Å². The fourth-order valence-electron chi connectivity index (χ4n) is 1.91. The number of hydrogen-bond donors (Lipinski definition) is 0. The minimum atomic E-state index is -0.463. The lowest BCUT2D eigenvalue weighted by Gasteiger charge is -2.30. The largest absolute Gasteiger partial charge is 0.463 e. The minimum absolute atomic E-state index is 0.0442. The standard InChI is InChI=1S/C16H30O3/c1-8-14(10-12(3)4)13(5)19-16(6,7)11-18-15(17)9-2/h10,12-13H,8-9,11H2,1-7H3/b14-10+/t13-/m1/s1. The van der Waals surface area contributed by atoms with Crippen molar-refractivity contribution in [3.05, 3.63) is 11.6 Å². The monoisotopic (exact) mass is 270 g/mol. The normalized spacial score (nSPS) is 14.6. The third-order valence-electron chi connectivity index (χ3n) is 2.84. The molecule has 0 aromatic rings. The van der Waals surface area contributed by atoms with Gasteiger partial charge in [0.05, 0.1) is 11.7 Å². The highest BCUT2D eigenvalue weighted by Gasteiger charge is 2.24. The smallest absolute Gasteiger partial charge is 0.305 e. The van der Waals surface area contributed by atoms with Crippen LogP contribution in [0, 0.1) is 5.92 Å². The Labute approximate surface area is 118 Å². The molecule has 19 heavy (non-hydrogen) atoms. The van der Waals surface area contributed by atoms with Gasteiger partial charge in [0.25, 0.3) is 0 Å². The van der Waals surface area contributed by atoms with Gasteiger partial charge in [-0.1, -0.05) is 33.8 Å². The molecule has 0 aliphatic rings. The molecule has 0 aliphatic heterocycles. The molecule has 112 valence electrons. The molecule has 0 amide bonds. The predicted molar refractivity (Wildman–Crippen MR) is 79.1 cm³/mol. The highest BCUT2D eigenvalue weighted by Crippen LogP contribution is 2.21. The third-order valence-corrected chi connectivity index (χ3v) is 2.84. The Morgan fingerprint density at radius 2 is 1.74 bits per heavy atom. The summed E-state index contributed by atoms with van der Waals surface area (Å²) < 4.78 is 11.2. The fraction of sp³-hybridized carbons (Fsp3) is 0.812. The summed E-state index contributed by atoms with van der Waals surface area (Å²) in [5, 5.41) is 0. The summed E-state index contributed by atoms with van der Waals surface area (Å²) in [6, 6.07) is 0. The van der Waals surface area contributed by atoms with Gasteiger partial charge in [0.2, 0.25) is 0 Å². The molecule has 0 aliphatic carbocycles. The number of ether oxygens (including phenoxy) is 2. The van der Waals surface area contributed by atoms with Crippen LogP contribution in [0.15, 0.2) is 11.6 Å². The molecule has 3 nitrogen and oxygen atoms in total. The molecule has 3 heteroatoms. The topological polar surface area (TPSA) is 35.5 Å². The lowest BCUT2D eigenvalue weighted by molar-refractivity contribution is -0.155. The molecule has 0 aromatic heterocycles. The molecule has 0 spiro atoms. The van der Waals surface area contributed by atoms with Gasteiger partial charge in [-0.3, -0.25) is 4.79 Å². The van der Waals surface area contributed by atoms with Crippen molar-refractivity contribution in [3.8, 4) is 0 Å². The van der Waals surface area contributed by atoms with Gasteiger partial charge in [0.1, 0.15) is 6.61 Å². The summed E-state index contributed by atoms with van der Waals surface area (Å²) in [5.41, 5.74) is 0.833. The first-order chi connectivity index (χ1) is 8.71. The Morgan fingerprint density at radius 1 is 1.16 bits per heavy atom. The van der Waals surface area contributed by atoms with E-state index in [1.54, 1.807) is 6.92 Å². The highest BCUT2D eigenvalue weighted by molar-refractivity contribution is 5.68. The average Bonchev–Trinajstić information content (AvgIpc) is 2.32. The lowest BCUT2D eigenvalue weighted by Crippen LogP contribution is -2.36. The lowest BCUT2D eigenvalue weighted by atomic mass is 10.0. The van der Waals surface area contributed by atoms with Gasteiger partial charge in [-0.25, -0.2) is 0 Å². The maximum Gasteiger partial charge on any atom is 0.305 e. The number of rotatable bonds is 8. The van der Waals surface area contributed by atoms with Crippen LogP contribution in [0.4, 0.5) is 0 Å². The van der Waals surface area contributed by atoms with E-state index in [9.17, 15) is 4.79 Å². The van der Waals surface area contributed by atoms with Crippen molar-refractivity contribution in [2.75, 3.05) is 6.61 Å². The molecule has 0 N–H and O–H groups in total. The number of carbonyl (C=O) groups is 1. The van der Waals surface area contributed by atoms with Crippen molar-refractivity contribution >= 4 is 5.97 Å². The zero-order chi connectivity index (χ0) is 15.1. The summed E-state index contributed by atoms with van der Waals surface area (Å²) in [6.07, 6.45) is 3.67. The van der Waals surface area contributed by atoms with E-state index < -0.39 is 5.60 Å². The zero-order valence-corrected chi connectivity index (χ0v) is 13.6. The Bertz CT molecular complexity index is 303. The van der Waals surface area contributed by atoms with Gasteiger partial charge in [-0.05, 0) is 38.7 Å². The van der Waals surface area contributed by atoms with Gasteiger partial charge in [0, 0.05) is 6.42 Å². The van der Waals surface area contributed by atoms with Crippen LogP contribution >= 0.6 is 0 Å². The molecule has 0 unspecified atom stereocenters. The van der Waals surface area contributed by atoms with Crippen molar-refractivity contribution in [1.82, 2.24) is 0 Å². The van der Waals surface area contributed by atoms with Crippen LogP contribution in [-0.4, -0.2) is 24.3 Å². The van der Waals surface area contributed by atoms with Gasteiger partial charge in [-0.15, -0.1) is 0 Å². The molecular weight excluding hydrogens is 240 g/mol. The Hall–Kier alpha value is -0.830. The SMILES string of the molecule is CCC(=O)OCC(C)(C)O[C@H](C)/C(=C/C(C)C)CC. The first kappa shape index (κ1) is 18.2. The highest BCUT2D eigenvalue weighted by atomic mass is 16.6. The summed E-state index contributed by atoms with van der Waals surface area (Å²) in [5.74, 6) is 0.333. The van der Waals surface area contributed by atoms with Crippen LogP contribution < -0.4 is 0 Å². The van der Waals surface area contributed by atoms with Crippen molar-refractivity contribution < 1.29 is 14.3 Å². The third kappa shape index (κ3) is 8.04. The molecule has 0 bridgehead atoms. The summed E-state index contributed by atoms with van der Waals surface area (Å²) in [7, 11) is 0. The predicted octanol–water partition coefficient (Wildman–Crippen LogP) is 4.12. The van der Waals surface area contributed by atoms with Gasteiger partial charge in [-0.2, -0.15) is 0 Å². The molecule has 0 aromatic carbocycles. The van der Waals surface area contributed by atoms with Crippen molar-refractivity contribution in [2.45, 2.75) is 73.0 Å². The Balaban J connectivity index is 4.50. The van der Waals surface area contributed by atoms with E-state index >= 15 is 0 Å². The molecule has 0 radical (unpaired) electrons. The van der Waals surface area contributed by atoms with E-state index in [1.165, 1.54) is 5.57 Å². The van der Waals surface area contributed by atoms with Crippen LogP contribution in [0.2, 0.25) is 0 Å². The molecule has 0 saturated carbocycles. The van der Waals surface area contributed by atoms with E-state index in [4.69, 9.17) is 9.47 Å². The molecule has 0 fully saturated rings. The first-order valence-electron chi connectivity index (χ1n) is 7.25. The zero-order valence-electron chi connectivity index (χ0n) is 13.6. The van der Waals surface area contributed by atoms with Gasteiger partial charge in [0.15, 0.2) is 0 Å². The maximum atomic E-state index is 11.2. The van der Waals surface area contributed by atoms with Crippen LogP contribution in [-0.2, 0) is 14.3 Å². The van der Waals surface area contributed by atoms with E-state index in [2.05, 4.69) is 33.8 Å². The summed E-state index contributed by atoms with van der Waals surface area (Å²) >= 11 is 0. The number of allylic oxidation sites excluding steroid dienone is 1. The number of esters is 1. The van der Waals surface area contributed by atoms with E-state index in [1.807, 2.05) is 13.8 Å². The fourth-order valence-corrected chi connectivity index (χ4v) is 1.91. The van der Waals surface area contributed by atoms with E-state index in [0.29, 0.717) is 18.9 Å². The molecule has 0 heterocycles. The summed E-state index contributed by atoms with van der Waals surface area (Å²) in [6.45, 7) is 14.5. The second kappa shape index (κ2) is 8.36. The van der Waals surface area contributed by atoms with Crippen molar-refractivity contribution in [3.63, 3.8) is 0 Å². The molecule has 0 rings (SSSR count). The Morgan fingerprint density at radius 3 is 2.16 bits per heavy atom. The minimum Gasteiger partial charge on any atom is -0.463 e. The van der Waals surface area contributed by atoms with Crippen LogP contribution in [0.25, 0.3) is 0 Å². The second-order valence-electron chi connectivity index (χ2n) is 5.87. The van der Waals surface area contributed by atoms with Crippen LogP contribution in [0.3, 0.4) is 0 Å². The molecule has 0 saturated heterocycles. The van der Waals surface area contributed by atoms with Crippen molar-refractivity contribution in [1.29, 1.82) is 0 Å². The Kier molecular flexibility index (Phi) is 8.00.